The molecule has 0 aliphatic heterocycles. The van der Waals surface area contributed by atoms with E-state index in [0.29, 0.717) is 18.0 Å². The Balaban J connectivity index is 1.83. The third-order valence-corrected chi connectivity index (χ3v) is 4.49. The molecule has 0 aromatic heterocycles. The van der Waals surface area contributed by atoms with Crippen LogP contribution in [0.3, 0.4) is 0 Å². The minimum absolute atomic E-state index is 0.0847. The average Bonchev–Trinajstić information content (AvgIpc) is 2.69. The molecule has 0 saturated carbocycles. The van der Waals surface area contributed by atoms with Gasteiger partial charge in [-0.1, -0.05) is 24.3 Å². The fourth-order valence-electron chi connectivity index (χ4n) is 2.67. The molecule has 0 radical (unpaired) electrons. The van der Waals surface area contributed by atoms with Gasteiger partial charge in [-0.2, -0.15) is 0 Å². The molecule has 2 amide bonds. The van der Waals surface area contributed by atoms with E-state index in [1.54, 1.807) is 18.2 Å². The normalized spacial score (nSPS) is 11.4. The van der Waals surface area contributed by atoms with Gasteiger partial charge in [0, 0.05) is 18.5 Å². The third-order valence-electron chi connectivity index (χ3n) is 4.49. The maximum Gasteiger partial charge on any atom is 0.411 e. The van der Waals surface area contributed by atoms with Crippen molar-refractivity contribution in [1.29, 1.82) is 0 Å². The monoisotopic (exact) mass is 399 g/mol. The Kier molecular flexibility index (Phi) is 8.48. The van der Waals surface area contributed by atoms with Gasteiger partial charge in [-0.3, -0.25) is 10.1 Å². The second kappa shape index (κ2) is 11.1. The standard InChI is InChI=1S/C22H29N3O4/c1-15-8-9-18(12-16(15)2)17(3)24-21(26)14-23-19-6-5-7-20(13-19)25-22(27)29-11-10-28-4/h5-9,12-13,17,23H,10-11,14H2,1-4H3,(H,24,26)(H,25,27). The maximum atomic E-state index is 12.3. The van der Waals surface area contributed by atoms with E-state index in [2.05, 4.69) is 41.9 Å². The number of hydrogen-bond acceptors (Lipinski definition) is 5. The van der Waals surface area contributed by atoms with Crippen LogP contribution in [0.5, 0.6) is 0 Å². The molecule has 0 heterocycles. The van der Waals surface area contributed by atoms with Crippen molar-refractivity contribution in [2.45, 2.75) is 26.8 Å². The largest absolute Gasteiger partial charge is 0.447 e. The van der Waals surface area contributed by atoms with Crippen LogP contribution in [0.1, 0.15) is 29.7 Å². The molecule has 3 N–H and O–H groups in total. The van der Waals surface area contributed by atoms with Crippen LogP contribution in [0.25, 0.3) is 0 Å². The first kappa shape index (κ1) is 22.2. The molecule has 0 fully saturated rings. The lowest BCUT2D eigenvalue weighted by Crippen LogP contribution is -2.32. The molecule has 0 saturated heterocycles. The summed E-state index contributed by atoms with van der Waals surface area (Å²) >= 11 is 0. The van der Waals surface area contributed by atoms with Crippen molar-refractivity contribution in [3.8, 4) is 0 Å². The van der Waals surface area contributed by atoms with Crippen LogP contribution >= 0.6 is 0 Å². The molecule has 1 atom stereocenters. The summed E-state index contributed by atoms with van der Waals surface area (Å²) in [4.78, 5) is 24.0. The van der Waals surface area contributed by atoms with E-state index >= 15 is 0 Å². The van der Waals surface area contributed by atoms with Crippen molar-refractivity contribution in [2.75, 3.05) is 37.5 Å². The van der Waals surface area contributed by atoms with Crippen molar-refractivity contribution >= 4 is 23.4 Å². The molecular weight excluding hydrogens is 370 g/mol. The predicted octanol–water partition coefficient (Wildman–Crippen LogP) is 3.79. The van der Waals surface area contributed by atoms with E-state index in [-0.39, 0.29) is 25.1 Å². The Labute approximate surface area is 171 Å². The van der Waals surface area contributed by atoms with E-state index in [4.69, 9.17) is 9.47 Å². The summed E-state index contributed by atoms with van der Waals surface area (Å²) in [5.74, 6) is -0.118. The predicted molar refractivity (Wildman–Crippen MR) is 114 cm³/mol. The van der Waals surface area contributed by atoms with E-state index < -0.39 is 6.09 Å². The number of methoxy groups -OCH3 is 1. The number of ether oxygens (including phenoxy) is 2. The molecule has 0 spiro atoms. The van der Waals surface area contributed by atoms with Gasteiger partial charge in [-0.05, 0) is 55.7 Å². The Bertz CT molecular complexity index is 839. The zero-order valence-electron chi connectivity index (χ0n) is 17.4. The summed E-state index contributed by atoms with van der Waals surface area (Å²) in [5, 5.41) is 8.68. The van der Waals surface area contributed by atoms with Crippen molar-refractivity contribution in [3.63, 3.8) is 0 Å². The average molecular weight is 399 g/mol. The van der Waals surface area contributed by atoms with Gasteiger partial charge in [0.2, 0.25) is 5.91 Å². The maximum absolute atomic E-state index is 12.3. The summed E-state index contributed by atoms with van der Waals surface area (Å²) in [7, 11) is 1.54. The molecule has 2 rings (SSSR count). The second-order valence-corrected chi connectivity index (χ2v) is 6.82. The lowest BCUT2D eigenvalue weighted by Gasteiger charge is -2.16. The van der Waals surface area contributed by atoms with Crippen LogP contribution in [0.15, 0.2) is 42.5 Å². The summed E-state index contributed by atoms with van der Waals surface area (Å²) in [6.07, 6.45) is -0.556. The van der Waals surface area contributed by atoms with Gasteiger partial charge >= 0.3 is 6.09 Å². The van der Waals surface area contributed by atoms with Crippen molar-refractivity contribution < 1.29 is 19.1 Å². The first-order valence-electron chi connectivity index (χ1n) is 9.52. The minimum Gasteiger partial charge on any atom is -0.447 e. The van der Waals surface area contributed by atoms with E-state index in [9.17, 15) is 9.59 Å². The first-order valence-corrected chi connectivity index (χ1v) is 9.52. The highest BCUT2D eigenvalue weighted by Crippen LogP contribution is 2.17. The van der Waals surface area contributed by atoms with Crippen LogP contribution in [0.4, 0.5) is 16.2 Å². The lowest BCUT2D eigenvalue weighted by atomic mass is 10.0. The van der Waals surface area contributed by atoms with Gasteiger partial charge < -0.3 is 20.1 Å². The number of carbonyl (C=O) groups excluding carboxylic acids is 2. The van der Waals surface area contributed by atoms with Crippen LogP contribution in [-0.4, -0.2) is 38.9 Å². The smallest absolute Gasteiger partial charge is 0.411 e. The van der Waals surface area contributed by atoms with Crippen LogP contribution in [-0.2, 0) is 14.3 Å². The number of aryl methyl sites for hydroxylation is 2. The number of nitrogens with one attached hydrogen (secondary N) is 3. The van der Waals surface area contributed by atoms with E-state index in [1.165, 1.54) is 18.2 Å². The Morgan fingerprint density at radius 2 is 1.76 bits per heavy atom. The highest BCUT2D eigenvalue weighted by atomic mass is 16.6. The molecule has 0 bridgehead atoms. The molecule has 2 aromatic carbocycles. The molecule has 1 unspecified atom stereocenters. The third kappa shape index (κ3) is 7.46. The first-order chi connectivity index (χ1) is 13.9. The van der Waals surface area contributed by atoms with Gasteiger partial charge in [0.05, 0.1) is 19.2 Å². The molecule has 156 valence electrons. The van der Waals surface area contributed by atoms with Gasteiger partial charge in [0.1, 0.15) is 6.61 Å². The summed E-state index contributed by atoms with van der Waals surface area (Å²) in [6, 6.07) is 13.2. The Morgan fingerprint density at radius 1 is 1.00 bits per heavy atom. The number of amides is 2. The zero-order valence-corrected chi connectivity index (χ0v) is 17.4. The second-order valence-electron chi connectivity index (χ2n) is 6.82. The van der Waals surface area contributed by atoms with E-state index in [0.717, 1.165) is 5.56 Å². The molecule has 0 aliphatic carbocycles. The Morgan fingerprint density at radius 3 is 2.48 bits per heavy atom. The van der Waals surface area contributed by atoms with Gasteiger partial charge in [0.15, 0.2) is 0 Å². The van der Waals surface area contributed by atoms with Crippen LogP contribution in [0, 0.1) is 13.8 Å². The molecular formula is C22H29N3O4. The van der Waals surface area contributed by atoms with Crippen molar-refractivity contribution in [2.24, 2.45) is 0 Å². The molecule has 7 heteroatoms. The summed E-state index contributed by atoms with van der Waals surface area (Å²) in [6.45, 7) is 6.72. The topological polar surface area (TPSA) is 88.7 Å². The van der Waals surface area contributed by atoms with Crippen molar-refractivity contribution in [3.05, 3.63) is 59.2 Å². The highest BCUT2D eigenvalue weighted by molar-refractivity contribution is 5.86. The van der Waals surface area contributed by atoms with Crippen LogP contribution < -0.4 is 16.0 Å². The van der Waals surface area contributed by atoms with Crippen LogP contribution in [0.2, 0.25) is 0 Å². The summed E-state index contributed by atoms with van der Waals surface area (Å²) in [5.41, 5.74) is 4.78. The van der Waals surface area contributed by atoms with Gasteiger partial charge in [0.25, 0.3) is 0 Å². The molecule has 2 aromatic rings. The summed E-state index contributed by atoms with van der Waals surface area (Å²) < 4.78 is 9.80. The molecule has 29 heavy (non-hydrogen) atoms. The van der Waals surface area contributed by atoms with E-state index in [1.807, 2.05) is 19.1 Å². The number of carbonyl (C=O) groups is 2. The number of anilines is 2. The number of benzene rings is 2. The Hall–Kier alpha value is -3.06. The number of rotatable bonds is 9. The minimum atomic E-state index is -0.556. The number of hydrogen-bond donors (Lipinski definition) is 3. The lowest BCUT2D eigenvalue weighted by molar-refractivity contribution is -0.120. The fourth-order valence-corrected chi connectivity index (χ4v) is 2.67. The highest BCUT2D eigenvalue weighted by Gasteiger charge is 2.10. The van der Waals surface area contributed by atoms with Gasteiger partial charge in [-0.25, -0.2) is 4.79 Å². The van der Waals surface area contributed by atoms with Gasteiger partial charge in [-0.15, -0.1) is 0 Å². The van der Waals surface area contributed by atoms with Crippen molar-refractivity contribution in [1.82, 2.24) is 5.32 Å². The zero-order chi connectivity index (χ0) is 21.2. The fraction of sp³-hybridized carbons (Fsp3) is 0.364. The molecule has 7 nitrogen and oxygen atoms in total. The molecule has 0 aliphatic rings. The SMILES string of the molecule is COCCOC(=O)Nc1cccc(NCC(=O)NC(C)c2ccc(C)c(C)c2)c1. The quantitative estimate of drug-likeness (QED) is 0.559.